The Morgan fingerprint density at radius 2 is 1.89 bits per heavy atom. The second-order valence-electron chi connectivity index (χ2n) is 5.60. The van der Waals surface area contributed by atoms with Crippen LogP contribution >= 0.6 is 11.6 Å². The molecule has 0 fully saturated rings. The smallest absolute Gasteiger partial charge is 0.320 e. The van der Waals surface area contributed by atoms with E-state index in [9.17, 15) is 23.2 Å². The van der Waals surface area contributed by atoms with Gasteiger partial charge in [-0.15, -0.1) is 0 Å². The highest BCUT2D eigenvalue weighted by atomic mass is 35.5. The molecule has 5 nitrogen and oxygen atoms in total. The maximum absolute atomic E-state index is 12.8. The van der Waals surface area contributed by atoms with E-state index in [1.165, 1.54) is 12.3 Å². The molecule has 28 heavy (non-hydrogen) atoms. The molecule has 1 aromatic heterocycles. The van der Waals surface area contributed by atoms with Gasteiger partial charge in [-0.25, -0.2) is 4.98 Å². The quantitative estimate of drug-likeness (QED) is 0.502. The molecule has 9 heteroatoms. The van der Waals surface area contributed by atoms with Crippen molar-refractivity contribution in [2.75, 3.05) is 5.32 Å². The van der Waals surface area contributed by atoms with Crippen molar-refractivity contribution in [2.45, 2.75) is 6.18 Å². The van der Waals surface area contributed by atoms with E-state index in [0.717, 1.165) is 12.1 Å². The number of carbonyl (C=O) groups excluding carboxylic acids is 1. The van der Waals surface area contributed by atoms with E-state index in [1.807, 2.05) is 0 Å². The van der Waals surface area contributed by atoms with E-state index >= 15 is 0 Å². The first-order chi connectivity index (χ1) is 13.3. The number of hydrogen-bond donors (Lipinski definition) is 1. The second kappa shape index (κ2) is 7.66. The Kier molecular flexibility index (Phi) is 5.29. The van der Waals surface area contributed by atoms with Gasteiger partial charge in [0.25, 0.3) is 5.91 Å². The molecule has 0 aliphatic heterocycles. The molecule has 0 radical (unpaired) electrons. The average molecular weight is 403 g/mol. The van der Waals surface area contributed by atoms with Gasteiger partial charge in [0.2, 0.25) is 0 Å². The van der Waals surface area contributed by atoms with Gasteiger partial charge in [0.05, 0.1) is 39.2 Å². The lowest BCUT2D eigenvalue weighted by atomic mass is 10.1. The Balaban J connectivity index is 1.89. The zero-order chi connectivity index (χ0) is 20.3. The van der Waals surface area contributed by atoms with Gasteiger partial charge in [0, 0.05) is 0 Å². The van der Waals surface area contributed by atoms with Gasteiger partial charge in [0.15, 0.2) is 0 Å². The van der Waals surface area contributed by atoms with Crippen LogP contribution in [0.25, 0.3) is 17.1 Å². The van der Waals surface area contributed by atoms with Crippen LogP contribution in [0.15, 0.2) is 54.2 Å². The number of aromatic nitrogens is 2. The minimum atomic E-state index is -4.60. The summed E-state index contributed by atoms with van der Waals surface area (Å²) in [6.45, 7) is 0. The molecule has 1 amide bonds. The lowest BCUT2D eigenvalue weighted by molar-refractivity contribution is -0.137. The van der Waals surface area contributed by atoms with Crippen LogP contribution in [0.4, 0.5) is 18.9 Å². The number of carbonyl (C=O) groups is 1. The minimum Gasteiger partial charge on any atom is -0.320 e. The number of benzene rings is 2. The average Bonchev–Trinajstić information content (AvgIpc) is 2.66. The summed E-state index contributed by atoms with van der Waals surface area (Å²) in [7, 11) is 0. The number of para-hydroxylation sites is 2. The number of amides is 1. The van der Waals surface area contributed by atoms with Crippen LogP contribution in [0.1, 0.15) is 11.3 Å². The van der Waals surface area contributed by atoms with Crippen molar-refractivity contribution >= 4 is 40.3 Å². The maximum Gasteiger partial charge on any atom is 0.416 e. The Morgan fingerprint density at radius 3 is 2.57 bits per heavy atom. The molecule has 2 aromatic carbocycles. The number of nitriles is 1. The molecule has 0 aliphatic rings. The zero-order valence-electron chi connectivity index (χ0n) is 14.0. The summed E-state index contributed by atoms with van der Waals surface area (Å²) in [5.74, 6) is -0.918. The van der Waals surface area contributed by atoms with Gasteiger partial charge < -0.3 is 5.32 Å². The number of nitrogens with zero attached hydrogens (tertiary/aromatic N) is 3. The molecular weight excluding hydrogens is 393 g/mol. The first kappa shape index (κ1) is 19.3. The standard InChI is InChI=1S/C19H10ClF3N4O/c20-14-6-5-12(19(21,22)23)8-17(14)27-18(28)11(9-24)7-13-10-25-15-3-1-2-4-16(15)26-13/h1-8,10H,(H,27,28). The van der Waals surface area contributed by atoms with Crippen molar-refractivity contribution < 1.29 is 18.0 Å². The number of halogens is 4. The summed E-state index contributed by atoms with van der Waals surface area (Å²) >= 11 is 5.86. The lowest BCUT2D eigenvalue weighted by Gasteiger charge is -2.11. The normalized spacial score (nSPS) is 11.9. The van der Waals surface area contributed by atoms with E-state index in [-0.39, 0.29) is 22.0 Å². The highest BCUT2D eigenvalue weighted by Gasteiger charge is 2.31. The fourth-order valence-corrected chi connectivity index (χ4v) is 2.49. The monoisotopic (exact) mass is 402 g/mol. The molecule has 0 aliphatic carbocycles. The summed E-state index contributed by atoms with van der Waals surface area (Å²) in [4.78, 5) is 20.8. The van der Waals surface area contributed by atoms with Gasteiger partial charge in [-0.3, -0.25) is 9.78 Å². The second-order valence-corrected chi connectivity index (χ2v) is 6.01. The van der Waals surface area contributed by atoms with Crippen LogP contribution in [-0.4, -0.2) is 15.9 Å². The summed E-state index contributed by atoms with van der Waals surface area (Å²) in [6.07, 6.45) is -2.03. The molecule has 3 rings (SSSR count). The van der Waals surface area contributed by atoms with Crippen LogP contribution < -0.4 is 5.32 Å². The Morgan fingerprint density at radius 1 is 1.18 bits per heavy atom. The molecule has 0 saturated heterocycles. The van der Waals surface area contributed by atoms with Crippen LogP contribution in [0.3, 0.4) is 0 Å². The van der Waals surface area contributed by atoms with Crippen LogP contribution in [0, 0.1) is 11.3 Å². The first-order valence-electron chi connectivity index (χ1n) is 7.79. The molecule has 0 bridgehead atoms. The SMILES string of the molecule is N#CC(=Cc1cnc2ccccc2n1)C(=O)Nc1cc(C(F)(F)F)ccc1Cl. The molecule has 3 aromatic rings. The topological polar surface area (TPSA) is 78.7 Å². The van der Waals surface area contributed by atoms with Crippen LogP contribution in [0.2, 0.25) is 5.02 Å². The van der Waals surface area contributed by atoms with E-state index in [2.05, 4.69) is 15.3 Å². The highest BCUT2D eigenvalue weighted by molar-refractivity contribution is 6.34. The zero-order valence-corrected chi connectivity index (χ0v) is 14.7. The van der Waals surface area contributed by atoms with E-state index in [0.29, 0.717) is 17.1 Å². The Labute approximate surface area is 162 Å². The largest absolute Gasteiger partial charge is 0.416 e. The molecule has 140 valence electrons. The van der Waals surface area contributed by atoms with E-state index < -0.39 is 17.6 Å². The summed E-state index contributed by atoms with van der Waals surface area (Å²) in [5.41, 5.74) is -0.144. The summed E-state index contributed by atoms with van der Waals surface area (Å²) < 4.78 is 38.5. The van der Waals surface area contributed by atoms with Gasteiger partial charge in [0.1, 0.15) is 11.6 Å². The van der Waals surface area contributed by atoms with Crippen molar-refractivity contribution in [3.63, 3.8) is 0 Å². The van der Waals surface area contributed by atoms with Crippen LogP contribution in [0.5, 0.6) is 0 Å². The van der Waals surface area contributed by atoms with Crippen molar-refractivity contribution in [2.24, 2.45) is 0 Å². The van der Waals surface area contributed by atoms with E-state index in [4.69, 9.17) is 11.6 Å². The van der Waals surface area contributed by atoms with E-state index in [1.54, 1.807) is 30.3 Å². The van der Waals surface area contributed by atoms with Gasteiger partial charge >= 0.3 is 6.18 Å². The Bertz CT molecular complexity index is 1140. The van der Waals surface area contributed by atoms with Crippen molar-refractivity contribution in [1.29, 1.82) is 5.26 Å². The molecule has 1 heterocycles. The molecule has 1 N–H and O–H groups in total. The third-order valence-corrected chi connectivity index (χ3v) is 4.00. The molecular formula is C19H10ClF3N4O. The summed E-state index contributed by atoms with van der Waals surface area (Å²) in [5, 5.41) is 11.4. The van der Waals surface area contributed by atoms with Crippen molar-refractivity contribution in [3.05, 3.63) is 70.5 Å². The number of fused-ring (bicyclic) bond motifs is 1. The van der Waals surface area contributed by atoms with Crippen molar-refractivity contribution in [1.82, 2.24) is 9.97 Å². The molecule has 0 saturated carbocycles. The molecule has 0 spiro atoms. The van der Waals surface area contributed by atoms with Gasteiger partial charge in [-0.05, 0) is 36.4 Å². The number of rotatable bonds is 3. The summed E-state index contributed by atoms with van der Waals surface area (Å²) in [6, 6.07) is 11.2. The molecule has 0 unspecified atom stereocenters. The number of hydrogen-bond acceptors (Lipinski definition) is 4. The maximum atomic E-state index is 12.8. The molecule has 0 atom stereocenters. The van der Waals surface area contributed by atoms with Crippen molar-refractivity contribution in [3.8, 4) is 6.07 Å². The third-order valence-electron chi connectivity index (χ3n) is 3.67. The first-order valence-corrected chi connectivity index (χ1v) is 8.17. The predicted molar refractivity (Wildman–Crippen MR) is 98.2 cm³/mol. The fraction of sp³-hybridized carbons (Fsp3) is 0.0526. The number of anilines is 1. The van der Waals surface area contributed by atoms with Gasteiger partial charge in [-0.2, -0.15) is 18.4 Å². The predicted octanol–water partition coefficient (Wildman–Crippen LogP) is 4.85. The lowest BCUT2D eigenvalue weighted by Crippen LogP contribution is -2.15. The van der Waals surface area contributed by atoms with Crippen LogP contribution in [-0.2, 0) is 11.0 Å². The number of alkyl halides is 3. The number of nitrogens with one attached hydrogen (secondary N) is 1. The fourth-order valence-electron chi connectivity index (χ4n) is 2.32. The highest BCUT2D eigenvalue weighted by Crippen LogP contribution is 2.34. The minimum absolute atomic E-state index is 0.0934. The Hall–Kier alpha value is -3.44. The van der Waals surface area contributed by atoms with Gasteiger partial charge in [-0.1, -0.05) is 23.7 Å². The third kappa shape index (κ3) is 4.27.